The Kier molecular flexibility index (Phi) is 6.02. The van der Waals surface area contributed by atoms with Crippen molar-refractivity contribution in [2.24, 2.45) is 0 Å². The Balaban J connectivity index is 2.28. The van der Waals surface area contributed by atoms with Gasteiger partial charge in [-0.1, -0.05) is 12.1 Å². The van der Waals surface area contributed by atoms with Crippen LogP contribution in [-0.4, -0.2) is 43.3 Å². The van der Waals surface area contributed by atoms with Crippen molar-refractivity contribution < 1.29 is 24.2 Å². The monoisotopic (exact) mass is 280 g/mol. The SMILES string of the molecule is COC(=O)CNC(=O)NCCc1ccc(C(=O)O)cc1. The van der Waals surface area contributed by atoms with E-state index in [0.29, 0.717) is 13.0 Å². The molecule has 7 heteroatoms. The number of rotatable bonds is 6. The first kappa shape index (κ1) is 15.5. The largest absolute Gasteiger partial charge is 0.478 e. The van der Waals surface area contributed by atoms with Crippen LogP contribution in [0.25, 0.3) is 0 Å². The predicted molar refractivity (Wildman–Crippen MR) is 70.5 cm³/mol. The summed E-state index contributed by atoms with van der Waals surface area (Å²) in [7, 11) is 1.24. The number of hydrogen-bond acceptors (Lipinski definition) is 4. The molecule has 7 nitrogen and oxygen atoms in total. The Bertz CT molecular complexity index is 484. The minimum absolute atomic E-state index is 0.185. The van der Waals surface area contributed by atoms with E-state index in [1.807, 2.05) is 0 Å². The number of urea groups is 1. The molecule has 0 saturated heterocycles. The van der Waals surface area contributed by atoms with Crippen molar-refractivity contribution in [3.63, 3.8) is 0 Å². The summed E-state index contributed by atoms with van der Waals surface area (Å²) in [5.74, 6) is -1.50. The van der Waals surface area contributed by atoms with Gasteiger partial charge in [0.2, 0.25) is 0 Å². The van der Waals surface area contributed by atoms with Crippen LogP contribution in [0.3, 0.4) is 0 Å². The predicted octanol–water partition coefficient (Wildman–Crippen LogP) is 0.400. The summed E-state index contributed by atoms with van der Waals surface area (Å²) in [6.45, 7) is 0.190. The van der Waals surface area contributed by atoms with Gasteiger partial charge in [0.15, 0.2) is 0 Å². The van der Waals surface area contributed by atoms with Gasteiger partial charge in [0.25, 0.3) is 0 Å². The Morgan fingerprint density at radius 1 is 1.15 bits per heavy atom. The van der Waals surface area contributed by atoms with E-state index in [4.69, 9.17) is 5.11 Å². The summed E-state index contributed by atoms with van der Waals surface area (Å²) in [6, 6.07) is 5.94. The molecule has 3 N–H and O–H groups in total. The zero-order chi connectivity index (χ0) is 15.0. The molecule has 0 radical (unpaired) electrons. The first-order chi connectivity index (χ1) is 9.52. The highest BCUT2D eigenvalue weighted by Gasteiger charge is 2.05. The van der Waals surface area contributed by atoms with Crippen LogP contribution >= 0.6 is 0 Å². The lowest BCUT2D eigenvalue weighted by molar-refractivity contribution is -0.139. The number of amides is 2. The van der Waals surface area contributed by atoms with Gasteiger partial charge in [-0.3, -0.25) is 4.79 Å². The topological polar surface area (TPSA) is 105 Å². The van der Waals surface area contributed by atoms with Crippen LogP contribution in [0.4, 0.5) is 4.79 Å². The lowest BCUT2D eigenvalue weighted by Crippen LogP contribution is -2.39. The highest BCUT2D eigenvalue weighted by Crippen LogP contribution is 2.04. The highest BCUT2D eigenvalue weighted by molar-refractivity contribution is 5.87. The molecule has 1 rings (SSSR count). The second-order valence-corrected chi connectivity index (χ2v) is 3.94. The maximum absolute atomic E-state index is 11.3. The number of esters is 1. The molecule has 0 fully saturated rings. The van der Waals surface area contributed by atoms with Crippen molar-refractivity contribution in [1.29, 1.82) is 0 Å². The fraction of sp³-hybridized carbons (Fsp3) is 0.308. The molecule has 1 aromatic rings. The second kappa shape index (κ2) is 7.78. The molecule has 0 aliphatic heterocycles. The zero-order valence-electron chi connectivity index (χ0n) is 11.0. The summed E-state index contributed by atoms with van der Waals surface area (Å²) in [5.41, 5.74) is 1.13. The maximum atomic E-state index is 11.3. The molecule has 20 heavy (non-hydrogen) atoms. The number of carbonyl (C=O) groups excluding carboxylic acids is 2. The Hall–Kier alpha value is -2.57. The van der Waals surface area contributed by atoms with Gasteiger partial charge in [0.1, 0.15) is 6.54 Å². The Morgan fingerprint density at radius 2 is 1.80 bits per heavy atom. The van der Waals surface area contributed by atoms with Gasteiger partial charge < -0.3 is 20.5 Å². The van der Waals surface area contributed by atoms with E-state index >= 15 is 0 Å². The molecule has 0 spiro atoms. The molecule has 0 bridgehead atoms. The minimum atomic E-state index is -0.975. The number of carboxylic acids is 1. The van der Waals surface area contributed by atoms with Crippen LogP contribution in [0.5, 0.6) is 0 Å². The third-order valence-corrected chi connectivity index (χ3v) is 2.52. The maximum Gasteiger partial charge on any atom is 0.335 e. The van der Waals surface area contributed by atoms with Crippen LogP contribution < -0.4 is 10.6 Å². The van der Waals surface area contributed by atoms with Crippen LogP contribution in [0.15, 0.2) is 24.3 Å². The summed E-state index contributed by atoms with van der Waals surface area (Å²) in [5, 5.41) is 13.7. The number of benzene rings is 1. The zero-order valence-corrected chi connectivity index (χ0v) is 11.0. The lowest BCUT2D eigenvalue weighted by atomic mass is 10.1. The molecule has 0 aliphatic carbocycles. The number of carboxylic acid groups (broad SMARTS) is 1. The van der Waals surface area contributed by atoms with Crippen LogP contribution in [0.2, 0.25) is 0 Å². The summed E-state index contributed by atoms with van der Waals surface area (Å²) >= 11 is 0. The molecular weight excluding hydrogens is 264 g/mol. The van der Waals surface area contributed by atoms with Crippen molar-refractivity contribution >= 4 is 18.0 Å². The highest BCUT2D eigenvalue weighted by atomic mass is 16.5. The molecule has 0 atom stereocenters. The van der Waals surface area contributed by atoms with Crippen molar-refractivity contribution in [1.82, 2.24) is 10.6 Å². The van der Waals surface area contributed by atoms with E-state index in [0.717, 1.165) is 5.56 Å². The fourth-order valence-electron chi connectivity index (χ4n) is 1.42. The van der Waals surface area contributed by atoms with Crippen LogP contribution in [0.1, 0.15) is 15.9 Å². The van der Waals surface area contributed by atoms with E-state index in [-0.39, 0.29) is 12.1 Å². The summed E-state index contributed by atoms with van der Waals surface area (Å²) in [4.78, 5) is 32.7. The molecule has 0 aliphatic rings. The van der Waals surface area contributed by atoms with Gasteiger partial charge in [-0.05, 0) is 24.1 Å². The minimum Gasteiger partial charge on any atom is -0.478 e. The number of methoxy groups -OCH3 is 1. The first-order valence-electron chi connectivity index (χ1n) is 5.93. The quantitative estimate of drug-likeness (QED) is 0.654. The third kappa shape index (κ3) is 5.38. The second-order valence-electron chi connectivity index (χ2n) is 3.94. The van der Waals surface area contributed by atoms with E-state index < -0.39 is 18.0 Å². The van der Waals surface area contributed by atoms with Gasteiger partial charge in [-0.25, -0.2) is 9.59 Å². The fourth-order valence-corrected chi connectivity index (χ4v) is 1.42. The summed E-state index contributed by atoms with van der Waals surface area (Å²) < 4.78 is 4.38. The first-order valence-corrected chi connectivity index (χ1v) is 5.93. The van der Waals surface area contributed by atoms with E-state index in [1.165, 1.54) is 19.2 Å². The van der Waals surface area contributed by atoms with Crippen molar-refractivity contribution in [2.45, 2.75) is 6.42 Å². The number of carbonyl (C=O) groups is 3. The molecule has 0 unspecified atom stereocenters. The van der Waals surface area contributed by atoms with E-state index in [9.17, 15) is 14.4 Å². The average Bonchev–Trinajstić information content (AvgIpc) is 2.45. The van der Waals surface area contributed by atoms with Gasteiger partial charge in [0, 0.05) is 6.54 Å². The molecule has 1 aromatic carbocycles. The van der Waals surface area contributed by atoms with Gasteiger partial charge in [-0.2, -0.15) is 0 Å². The average molecular weight is 280 g/mol. The standard InChI is InChI=1S/C13H16N2O5/c1-20-11(16)8-15-13(19)14-7-6-9-2-4-10(5-3-9)12(17)18/h2-5H,6-8H2,1H3,(H,17,18)(H2,14,15,19). The van der Waals surface area contributed by atoms with Crippen LogP contribution in [-0.2, 0) is 16.0 Å². The van der Waals surface area contributed by atoms with Crippen molar-refractivity contribution in [3.05, 3.63) is 35.4 Å². The van der Waals surface area contributed by atoms with Crippen LogP contribution in [0, 0.1) is 0 Å². The molecular formula is C13H16N2O5. The van der Waals surface area contributed by atoms with Crippen molar-refractivity contribution in [3.8, 4) is 0 Å². The van der Waals surface area contributed by atoms with Gasteiger partial charge in [-0.15, -0.1) is 0 Å². The van der Waals surface area contributed by atoms with Gasteiger partial charge >= 0.3 is 18.0 Å². The molecule has 0 aromatic heterocycles. The number of nitrogens with one attached hydrogen (secondary N) is 2. The molecule has 2 amide bonds. The number of ether oxygens (including phenoxy) is 1. The van der Waals surface area contributed by atoms with Crippen molar-refractivity contribution in [2.75, 3.05) is 20.2 Å². The number of aromatic carboxylic acids is 1. The Morgan fingerprint density at radius 3 is 2.35 bits per heavy atom. The third-order valence-electron chi connectivity index (χ3n) is 2.52. The Labute approximate surface area is 115 Å². The molecule has 0 saturated carbocycles. The lowest BCUT2D eigenvalue weighted by Gasteiger charge is -2.07. The number of hydrogen-bond donors (Lipinski definition) is 3. The summed E-state index contributed by atoms with van der Waals surface area (Å²) in [6.07, 6.45) is 0.561. The smallest absolute Gasteiger partial charge is 0.335 e. The van der Waals surface area contributed by atoms with E-state index in [2.05, 4.69) is 15.4 Å². The van der Waals surface area contributed by atoms with Gasteiger partial charge in [0.05, 0.1) is 12.7 Å². The van der Waals surface area contributed by atoms with E-state index in [1.54, 1.807) is 12.1 Å². The normalized spacial score (nSPS) is 9.65. The molecule has 0 heterocycles. The molecule has 108 valence electrons.